The van der Waals surface area contributed by atoms with Crippen LogP contribution in [0.25, 0.3) is 11.1 Å². The zero-order chi connectivity index (χ0) is 14.1. The first-order chi connectivity index (χ1) is 10.4. The van der Waals surface area contributed by atoms with E-state index >= 15 is 0 Å². The topological polar surface area (TPSA) is 12.0 Å². The van der Waals surface area contributed by atoms with Crippen molar-refractivity contribution in [1.29, 1.82) is 0 Å². The molecule has 2 saturated carbocycles. The second-order valence-electron chi connectivity index (χ2n) is 6.61. The molecule has 1 heteroatoms. The Balaban J connectivity index is 1.49. The Labute approximate surface area is 127 Å². The summed E-state index contributed by atoms with van der Waals surface area (Å²) in [5.41, 5.74) is 5.62. The van der Waals surface area contributed by atoms with Crippen molar-refractivity contribution in [2.45, 2.75) is 50.6 Å². The van der Waals surface area contributed by atoms with Crippen LogP contribution in [-0.4, -0.2) is 6.04 Å². The highest BCUT2D eigenvalue weighted by atomic mass is 14.9. The predicted molar refractivity (Wildman–Crippen MR) is 88.3 cm³/mol. The maximum atomic E-state index is 3.57. The van der Waals surface area contributed by atoms with Gasteiger partial charge in [-0.1, -0.05) is 55.0 Å². The molecule has 0 heterocycles. The van der Waals surface area contributed by atoms with Crippen LogP contribution in [0.3, 0.4) is 0 Å². The van der Waals surface area contributed by atoms with E-state index in [-0.39, 0.29) is 0 Å². The molecule has 0 saturated heterocycles. The van der Waals surface area contributed by atoms with Crippen molar-refractivity contribution in [3.05, 3.63) is 59.7 Å². The Morgan fingerprint density at radius 2 is 1.67 bits per heavy atom. The van der Waals surface area contributed by atoms with Crippen molar-refractivity contribution in [2.24, 2.45) is 0 Å². The van der Waals surface area contributed by atoms with Crippen LogP contribution in [0.5, 0.6) is 0 Å². The summed E-state index contributed by atoms with van der Waals surface area (Å²) in [6.45, 7) is 1.01. The van der Waals surface area contributed by atoms with E-state index in [1.54, 1.807) is 0 Å². The maximum absolute atomic E-state index is 3.57. The molecule has 2 fully saturated rings. The van der Waals surface area contributed by atoms with Gasteiger partial charge in [0.05, 0.1) is 0 Å². The summed E-state index contributed by atoms with van der Waals surface area (Å²) in [5, 5.41) is 3.57. The maximum Gasteiger partial charge on any atom is 0.0208 e. The van der Waals surface area contributed by atoms with Crippen molar-refractivity contribution in [3.63, 3.8) is 0 Å². The molecule has 2 aliphatic rings. The summed E-state index contributed by atoms with van der Waals surface area (Å²) in [7, 11) is 0. The lowest BCUT2D eigenvalue weighted by atomic mass is 9.79. The summed E-state index contributed by atoms with van der Waals surface area (Å²) in [4.78, 5) is 0. The first-order valence-electron chi connectivity index (χ1n) is 8.31. The SMILES string of the molecule is c1cc(-c2ccc(CNC3CC3)cc2)cc(C2CCC2)c1. The van der Waals surface area contributed by atoms with Gasteiger partial charge in [-0.2, -0.15) is 0 Å². The smallest absolute Gasteiger partial charge is 0.0208 e. The normalized spacial score (nSPS) is 18.5. The summed E-state index contributed by atoms with van der Waals surface area (Å²) in [6, 6.07) is 19.0. The van der Waals surface area contributed by atoms with Crippen LogP contribution in [0.2, 0.25) is 0 Å². The van der Waals surface area contributed by atoms with Gasteiger partial charge < -0.3 is 5.32 Å². The molecule has 0 bridgehead atoms. The van der Waals surface area contributed by atoms with Crippen molar-refractivity contribution in [1.82, 2.24) is 5.32 Å². The monoisotopic (exact) mass is 277 g/mol. The van der Waals surface area contributed by atoms with Gasteiger partial charge in [-0.15, -0.1) is 0 Å². The number of hydrogen-bond donors (Lipinski definition) is 1. The van der Waals surface area contributed by atoms with E-state index in [0.29, 0.717) is 0 Å². The fraction of sp³-hybridized carbons (Fsp3) is 0.400. The number of rotatable bonds is 5. The zero-order valence-electron chi connectivity index (χ0n) is 12.5. The molecule has 0 amide bonds. The molecule has 1 nitrogen and oxygen atoms in total. The van der Waals surface area contributed by atoms with Crippen LogP contribution in [0.4, 0.5) is 0 Å². The molecule has 0 atom stereocenters. The number of benzene rings is 2. The zero-order valence-corrected chi connectivity index (χ0v) is 12.5. The van der Waals surface area contributed by atoms with Crippen LogP contribution in [0.1, 0.15) is 49.1 Å². The third-order valence-corrected chi connectivity index (χ3v) is 4.92. The van der Waals surface area contributed by atoms with Crippen molar-refractivity contribution >= 4 is 0 Å². The molecule has 2 aliphatic carbocycles. The second kappa shape index (κ2) is 5.65. The van der Waals surface area contributed by atoms with Crippen LogP contribution in [0.15, 0.2) is 48.5 Å². The van der Waals surface area contributed by atoms with E-state index < -0.39 is 0 Å². The minimum absolute atomic E-state index is 0.781. The molecule has 4 rings (SSSR count). The molecular formula is C20H23N. The molecule has 108 valence electrons. The first-order valence-corrected chi connectivity index (χ1v) is 8.31. The summed E-state index contributed by atoms with van der Waals surface area (Å²) < 4.78 is 0. The molecule has 0 aromatic heterocycles. The van der Waals surface area contributed by atoms with Gasteiger partial charge in [-0.25, -0.2) is 0 Å². The lowest BCUT2D eigenvalue weighted by molar-refractivity contribution is 0.420. The van der Waals surface area contributed by atoms with Gasteiger partial charge in [0.25, 0.3) is 0 Å². The quantitative estimate of drug-likeness (QED) is 0.822. The molecule has 0 aliphatic heterocycles. The summed E-state index contributed by atoms with van der Waals surface area (Å²) in [6.07, 6.45) is 6.85. The molecule has 21 heavy (non-hydrogen) atoms. The highest BCUT2D eigenvalue weighted by Gasteiger charge is 2.20. The van der Waals surface area contributed by atoms with Crippen molar-refractivity contribution in [3.8, 4) is 11.1 Å². The van der Waals surface area contributed by atoms with Crippen LogP contribution < -0.4 is 5.32 Å². The van der Waals surface area contributed by atoms with Gasteiger partial charge in [0.2, 0.25) is 0 Å². The molecule has 0 radical (unpaired) electrons. The van der Waals surface area contributed by atoms with E-state index in [4.69, 9.17) is 0 Å². The van der Waals surface area contributed by atoms with Crippen LogP contribution >= 0.6 is 0 Å². The fourth-order valence-corrected chi connectivity index (χ4v) is 3.08. The Hall–Kier alpha value is -1.60. The van der Waals surface area contributed by atoms with E-state index in [1.165, 1.54) is 54.4 Å². The molecule has 0 spiro atoms. The Kier molecular flexibility index (Phi) is 3.52. The van der Waals surface area contributed by atoms with E-state index in [1.807, 2.05) is 0 Å². The van der Waals surface area contributed by atoms with Gasteiger partial charge in [0.1, 0.15) is 0 Å². The van der Waals surface area contributed by atoms with Crippen molar-refractivity contribution < 1.29 is 0 Å². The summed E-state index contributed by atoms with van der Waals surface area (Å²) >= 11 is 0. The van der Waals surface area contributed by atoms with Gasteiger partial charge in [-0.3, -0.25) is 0 Å². The first kappa shape index (κ1) is 13.1. The third kappa shape index (κ3) is 3.03. The average molecular weight is 277 g/mol. The number of hydrogen-bond acceptors (Lipinski definition) is 1. The highest BCUT2D eigenvalue weighted by Crippen LogP contribution is 2.37. The van der Waals surface area contributed by atoms with Gasteiger partial charge in [0.15, 0.2) is 0 Å². The molecule has 0 unspecified atom stereocenters. The van der Waals surface area contributed by atoms with Gasteiger partial charge >= 0.3 is 0 Å². The standard InChI is InChI=1S/C20H23N/c1-3-16(4-1)18-5-2-6-19(13-18)17-9-7-15(8-10-17)14-21-20-11-12-20/h2,5-10,13,16,20-21H,1,3-4,11-12,14H2. The van der Waals surface area contributed by atoms with E-state index in [9.17, 15) is 0 Å². The van der Waals surface area contributed by atoms with Crippen LogP contribution in [0, 0.1) is 0 Å². The van der Waals surface area contributed by atoms with E-state index in [2.05, 4.69) is 53.8 Å². The minimum Gasteiger partial charge on any atom is -0.310 e. The van der Waals surface area contributed by atoms with Crippen molar-refractivity contribution in [2.75, 3.05) is 0 Å². The summed E-state index contributed by atoms with van der Waals surface area (Å²) in [5.74, 6) is 0.812. The van der Waals surface area contributed by atoms with Gasteiger partial charge in [-0.05, 0) is 53.9 Å². The lowest BCUT2D eigenvalue weighted by Gasteiger charge is -2.26. The molecular weight excluding hydrogens is 254 g/mol. The number of nitrogens with one attached hydrogen (secondary N) is 1. The molecule has 2 aromatic carbocycles. The minimum atomic E-state index is 0.781. The Morgan fingerprint density at radius 3 is 2.33 bits per heavy atom. The highest BCUT2D eigenvalue weighted by molar-refractivity contribution is 5.64. The largest absolute Gasteiger partial charge is 0.310 e. The second-order valence-corrected chi connectivity index (χ2v) is 6.61. The van der Waals surface area contributed by atoms with E-state index in [0.717, 1.165) is 18.5 Å². The predicted octanol–water partition coefficient (Wildman–Crippen LogP) is 4.87. The average Bonchev–Trinajstić information content (AvgIpc) is 3.28. The molecule has 1 N–H and O–H groups in total. The Morgan fingerprint density at radius 1 is 0.857 bits per heavy atom. The fourth-order valence-electron chi connectivity index (χ4n) is 3.08. The van der Waals surface area contributed by atoms with Crippen LogP contribution in [-0.2, 0) is 6.54 Å². The third-order valence-electron chi connectivity index (χ3n) is 4.92. The van der Waals surface area contributed by atoms with Gasteiger partial charge in [0, 0.05) is 12.6 Å². The molecule has 2 aromatic rings. The lowest BCUT2D eigenvalue weighted by Crippen LogP contribution is -2.15. The Bertz CT molecular complexity index is 606.